The summed E-state index contributed by atoms with van der Waals surface area (Å²) in [5, 5.41) is 11.7. The van der Waals surface area contributed by atoms with Crippen LogP contribution in [0.1, 0.15) is 36.7 Å². The molecule has 1 atom stereocenters. The maximum absolute atomic E-state index is 11.7. The van der Waals surface area contributed by atoms with Gasteiger partial charge in [-0.05, 0) is 37.5 Å². The molecule has 0 aliphatic rings. The number of carboxylic acids is 1. The number of aryl methyl sites for hydroxylation is 1. The third-order valence-corrected chi connectivity index (χ3v) is 3.18. The number of hydrogen-bond acceptors (Lipinski definition) is 3. The number of amides is 1. The molecule has 110 valence electrons. The minimum atomic E-state index is -1.02. The summed E-state index contributed by atoms with van der Waals surface area (Å²) in [6.07, 6.45) is 0. The van der Waals surface area contributed by atoms with Crippen molar-refractivity contribution in [3.8, 4) is 5.75 Å². The maximum Gasteiger partial charge on any atom is 0.335 e. The summed E-state index contributed by atoms with van der Waals surface area (Å²) in [7, 11) is 0. The summed E-state index contributed by atoms with van der Waals surface area (Å²) in [5.74, 6) is -0.479. The lowest BCUT2D eigenvalue weighted by Crippen LogP contribution is -2.39. The molecule has 5 nitrogen and oxygen atoms in total. The monoisotopic (exact) mass is 279 g/mol. The lowest BCUT2D eigenvalue weighted by atomic mass is 10.1. The molecule has 0 fully saturated rings. The van der Waals surface area contributed by atoms with Gasteiger partial charge in [0.25, 0.3) is 5.91 Å². The van der Waals surface area contributed by atoms with Crippen LogP contribution in [0.5, 0.6) is 5.75 Å². The number of rotatable bonds is 6. The Balaban J connectivity index is 2.63. The molecule has 0 radical (unpaired) electrons. The zero-order chi connectivity index (χ0) is 15.3. The van der Waals surface area contributed by atoms with E-state index in [2.05, 4.69) is 5.32 Å². The number of carbonyl (C=O) groups excluding carboxylic acids is 1. The third kappa shape index (κ3) is 4.57. The van der Waals surface area contributed by atoms with Crippen LogP contribution in [0.3, 0.4) is 0 Å². The van der Waals surface area contributed by atoms with Gasteiger partial charge in [-0.3, -0.25) is 4.79 Å². The van der Waals surface area contributed by atoms with E-state index in [4.69, 9.17) is 9.84 Å². The number of carbonyl (C=O) groups is 2. The minimum Gasteiger partial charge on any atom is -0.483 e. The molecule has 20 heavy (non-hydrogen) atoms. The zero-order valence-corrected chi connectivity index (χ0v) is 12.3. The standard InChI is InChI=1S/C15H21NO4/c1-9(2)11(4)16-14(17)8-20-13-7-12(15(18)19)6-5-10(13)3/h5-7,9,11H,8H2,1-4H3,(H,16,17)(H,18,19). The second kappa shape index (κ2) is 6.93. The van der Waals surface area contributed by atoms with Crippen LogP contribution in [0.25, 0.3) is 0 Å². The second-order valence-electron chi connectivity index (χ2n) is 5.17. The van der Waals surface area contributed by atoms with Gasteiger partial charge in [-0.2, -0.15) is 0 Å². The van der Waals surface area contributed by atoms with E-state index in [1.165, 1.54) is 12.1 Å². The highest BCUT2D eigenvalue weighted by Gasteiger charge is 2.12. The third-order valence-electron chi connectivity index (χ3n) is 3.18. The average Bonchev–Trinajstić information content (AvgIpc) is 2.37. The minimum absolute atomic E-state index is 0.0672. The van der Waals surface area contributed by atoms with Gasteiger partial charge in [-0.1, -0.05) is 19.9 Å². The number of nitrogens with one attached hydrogen (secondary N) is 1. The van der Waals surface area contributed by atoms with E-state index in [0.717, 1.165) is 5.56 Å². The molecular weight excluding hydrogens is 258 g/mol. The Morgan fingerprint density at radius 3 is 2.50 bits per heavy atom. The van der Waals surface area contributed by atoms with Crippen molar-refractivity contribution in [2.45, 2.75) is 33.7 Å². The molecule has 0 spiro atoms. The fourth-order valence-corrected chi connectivity index (χ4v) is 1.49. The maximum atomic E-state index is 11.7. The molecular formula is C15H21NO4. The van der Waals surface area contributed by atoms with Crippen molar-refractivity contribution >= 4 is 11.9 Å². The highest BCUT2D eigenvalue weighted by atomic mass is 16.5. The summed E-state index contributed by atoms with van der Waals surface area (Å²) in [5.41, 5.74) is 0.932. The Morgan fingerprint density at radius 1 is 1.30 bits per heavy atom. The lowest BCUT2D eigenvalue weighted by Gasteiger charge is -2.17. The largest absolute Gasteiger partial charge is 0.483 e. The van der Waals surface area contributed by atoms with E-state index in [0.29, 0.717) is 11.7 Å². The van der Waals surface area contributed by atoms with Crippen LogP contribution >= 0.6 is 0 Å². The van der Waals surface area contributed by atoms with Crippen LogP contribution in [0, 0.1) is 12.8 Å². The summed E-state index contributed by atoms with van der Waals surface area (Å²) in [4.78, 5) is 22.6. The van der Waals surface area contributed by atoms with Gasteiger partial charge in [0, 0.05) is 6.04 Å². The van der Waals surface area contributed by atoms with Gasteiger partial charge in [0.1, 0.15) is 5.75 Å². The SMILES string of the molecule is Cc1ccc(C(=O)O)cc1OCC(=O)NC(C)C(C)C. The van der Waals surface area contributed by atoms with Crippen LogP contribution in [-0.2, 0) is 4.79 Å². The summed E-state index contributed by atoms with van der Waals surface area (Å²) in [6, 6.07) is 4.66. The second-order valence-corrected chi connectivity index (χ2v) is 5.17. The van der Waals surface area contributed by atoms with E-state index in [9.17, 15) is 9.59 Å². The highest BCUT2D eigenvalue weighted by Crippen LogP contribution is 2.19. The quantitative estimate of drug-likeness (QED) is 0.837. The molecule has 2 N–H and O–H groups in total. The topological polar surface area (TPSA) is 75.6 Å². The zero-order valence-electron chi connectivity index (χ0n) is 12.3. The summed E-state index contributed by atoms with van der Waals surface area (Å²) in [6.45, 7) is 7.65. The lowest BCUT2D eigenvalue weighted by molar-refractivity contribution is -0.124. The van der Waals surface area contributed by atoms with E-state index >= 15 is 0 Å². The van der Waals surface area contributed by atoms with Crippen LogP contribution in [0.2, 0.25) is 0 Å². The van der Waals surface area contributed by atoms with E-state index in [1.807, 2.05) is 20.8 Å². The molecule has 1 aromatic carbocycles. The number of benzene rings is 1. The first-order chi connectivity index (χ1) is 9.31. The van der Waals surface area contributed by atoms with Crippen LogP contribution in [0.4, 0.5) is 0 Å². The Bertz CT molecular complexity index is 497. The van der Waals surface area contributed by atoms with Crippen molar-refractivity contribution in [3.63, 3.8) is 0 Å². The van der Waals surface area contributed by atoms with Crippen molar-refractivity contribution in [2.24, 2.45) is 5.92 Å². The van der Waals surface area contributed by atoms with Crippen LogP contribution in [0.15, 0.2) is 18.2 Å². The van der Waals surface area contributed by atoms with Crippen molar-refractivity contribution < 1.29 is 19.4 Å². The first-order valence-electron chi connectivity index (χ1n) is 6.57. The smallest absolute Gasteiger partial charge is 0.335 e. The summed E-state index contributed by atoms with van der Waals surface area (Å²) < 4.78 is 5.39. The van der Waals surface area contributed by atoms with Gasteiger partial charge in [0.05, 0.1) is 5.56 Å². The van der Waals surface area contributed by atoms with Gasteiger partial charge >= 0.3 is 5.97 Å². The Hall–Kier alpha value is -2.04. The molecule has 0 aliphatic heterocycles. The van der Waals surface area contributed by atoms with Gasteiger partial charge in [0.15, 0.2) is 6.61 Å². The molecule has 0 saturated carbocycles. The van der Waals surface area contributed by atoms with Crippen LogP contribution in [-0.4, -0.2) is 29.6 Å². The van der Waals surface area contributed by atoms with E-state index < -0.39 is 5.97 Å². The number of carboxylic acid groups (broad SMARTS) is 1. The molecule has 1 rings (SSSR count). The molecule has 1 unspecified atom stereocenters. The molecule has 0 aliphatic carbocycles. The van der Waals surface area contributed by atoms with Crippen molar-refractivity contribution in [1.82, 2.24) is 5.32 Å². The molecule has 0 saturated heterocycles. The van der Waals surface area contributed by atoms with E-state index in [1.54, 1.807) is 13.0 Å². The van der Waals surface area contributed by atoms with Gasteiger partial charge in [0.2, 0.25) is 0 Å². The summed E-state index contributed by atoms with van der Waals surface area (Å²) >= 11 is 0. The molecule has 5 heteroatoms. The fourth-order valence-electron chi connectivity index (χ4n) is 1.49. The Morgan fingerprint density at radius 2 is 1.95 bits per heavy atom. The van der Waals surface area contributed by atoms with Gasteiger partial charge in [-0.15, -0.1) is 0 Å². The van der Waals surface area contributed by atoms with Crippen molar-refractivity contribution in [3.05, 3.63) is 29.3 Å². The number of hydrogen-bond donors (Lipinski definition) is 2. The van der Waals surface area contributed by atoms with Crippen molar-refractivity contribution in [2.75, 3.05) is 6.61 Å². The number of aromatic carboxylic acids is 1. The first kappa shape index (κ1) is 16.0. The Kier molecular flexibility index (Phi) is 5.55. The Labute approximate surface area is 118 Å². The molecule has 1 amide bonds. The van der Waals surface area contributed by atoms with Crippen molar-refractivity contribution in [1.29, 1.82) is 0 Å². The highest BCUT2D eigenvalue weighted by molar-refractivity contribution is 5.88. The van der Waals surface area contributed by atoms with Gasteiger partial charge in [-0.25, -0.2) is 4.79 Å². The predicted molar refractivity (Wildman–Crippen MR) is 76.1 cm³/mol. The average molecular weight is 279 g/mol. The number of ether oxygens (including phenoxy) is 1. The van der Waals surface area contributed by atoms with Gasteiger partial charge < -0.3 is 15.2 Å². The normalized spacial score (nSPS) is 12.1. The van der Waals surface area contributed by atoms with E-state index in [-0.39, 0.29) is 24.1 Å². The molecule has 0 aromatic heterocycles. The molecule has 0 heterocycles. The first-order valence-corrected chi connectivity index (χ1v) is 6.57. The predicted octanol–water partition coefficient (Wildman–Crippen LogP) is 2.23. The van der Waals surface area contributed by atoms with Crippen LogP contribution < -0.4 is 10.1 Å². The molecule has 0 bridgehead atoms. The fraction of sp³-hybridized carbons (Fsp3) is 0.467. The molecule has 1 aromatic rings.